The molecular weight excluding hydrogens is 182 g/mol. The van der Waals surface area contributed by atoms with Crippen LogP contribution in [0.25, 0.3) is 0 Å². The minimum Gasteiger partial charge on any atom is -0.292 e. The molecule has 2 rings (SSSR count). The molecule has 0 amide bonds. The summed E-state index contributed by atoms with van der Waals surface area (Å²) in [7, 11) is 0. The van der Waals surface area contributed by atoms with E-state index in [-0.39, 0.29) is 0 Å². The lowest BCUT2D eigenvalue weighted by atomic mass is 9.84. The lowest BCUT2D eigenvalue weighted by Gasteiger charge is -2.43. The molecule has 3 atom stereocenters. The molecule has 0 aromatic carbocycles. The Morgan fingerprint density at radius 3 is 2.40 bits per heavy atom. The van der Waals surface area contributed by atoms with Crippen molar-refractivity contribution in [3.05, 3.63) is 0 Å². The van der Waals surface area contributed by atoms with E-state index in [4.69, 9.17) is 0 Å². The Labute approximate surface area is 95.2 Å². The van der Waals surface area contributed by atoms with Crippen LogP contribution in [-0.4, -0.2) is 22.5 Å². The molecule has 2 fully saturated rings. The van der Waals surface area contributed by atoms with Crippen molar-refractivity contribution in [1.82, 2.24) is 4.90 Å². The van der Waals surface area contributed by atoms with E-state index in [0.29, 0.717) is 5.54 Å². The number of hydrogen-bond donors (Lipinski definition) is 0. The second-order valence-electron chi connectivity index (χ2n) is 6.49. The topological polar surface area (TPSA) is 3.24 Å². The summed E-state index contributed by atoms with van der Waals surface area (Å²) < 4.78 is 0. The molecule has 2 aliphatic rings. The van der Waals surface area contributed by atoms with Crippen molar-refractivity contribution in [3.63, 3.8) is 0 Å². The average molecular weight is 209 g/mol. The van der Waals surface area contributed by atoms with E-state index in [1.165, 1.54) is 38.5 Å². The van der Waals surface area contributed by atoms with Crippen LogP contribution in [0.4, 0.5) is 0 Å². The highest BCUT2D eigenvalue weighted by molar-refractivity contribution is 4.99. The van der Waals surface area contributed by atoms with E-state index >= 15 is 0 Å². The molecule has 1 heterocycles. The molecule has 0 spiro atoms. The Morgan fingerprint density at radius 1 is 1.13 bits per heavy atom. The predicted molar refractivity (Wildman–Crippen MR) is 66.0 cm³/mol. The van der Waals surface area contributed by atoms with Crippen LogP contribution in [0.5, 0.6) is 0 Å². The summed E-state index contributed by atoms with van der Waals surface area (Å²) in [5.74, 6) is 1.02. The SMILES string of the molecule is CCC1CC2CCCCC2N1C(C)(C)C. The molecule has 88 valence electrons. The van der Waals surface area contributed by atoms with Crippen molar-refractivity contribution in [2.75, 3.05) is 0 Å². The van der Waals surface area contributed by atoms with Crippen molar-refractivity contribution in [1.29, 1.82) is 0 Å². The van der Waals surface area contributed by atoms with Crippen LogP contribution in [0.1, 0.15) is 66.2 Å². The molecule has 3 unspecified atom stereocenters. The zero-order valence-electron chi connectivity index (χ0n) is 10.9. The molecule has 0 N–H and O–H groups in total. The number of hydrogen-bond acceptors (Lipinski definition) is 1. The van der Waals surface area contributed by atoms with Crippen LogP contribution in [0.2, 0.25) is 0 Å². The van der Waals surface area contributed by atoms with Crippen molar-refractivity contribution < 1.29 is 0 Å². The van der Waals surface area contributed by atoms with Gasteiger partial charge in [-0.1, -0.05) is 19.8 Å². The zero-order valence-corrected chi connectivity index (χ0v) is 10.9. The Morgan fingerprint density at radius 2 is 1.80 bits per heavy atom. The summed E-state index contributed by atoms with van der Waals surface area (Å²) in [6.45, 7) is 9.55. The first kappa shape index (κ1) is 11.4. The third-order valence-electron chi connectivity index (χ3n) is 4.44. The van der Waals surface area contributed by atoms with Gasteiger partial charge in [0.2, 0.25) is 0 Å². The normalized spacial score (nSPS) is 38.0. The van der Waals surface area contributed by atoms with Gasteiger partial charge in [0.15, 0.2) is 0 Å². The van der Waals surface area contributed by atoms with Crippen molar-refractivity contribution in [3.8, 4) is 0 Å². The Balaban J connectivity index is 2.17. The van der Waals surface area contributed by atoms with Gasteiger partial charge in [0, 0.05) is 17.6 Å². The van der Waals surface area contributed by atoms with Gasteiger partial charge in [0.25, 0.3) is 0 Å². The molecule has 1 aliphatic carbocycles. The molecule has 1 heteroatoms. The average Bonchev–Trinajstić information content (AvgIpc) is 2.54. The highest BCUT2D eigenvalue weighted by Gasteiger charge is 2.45. The molecule has 0 bridgehead atoms. The number of likely N-dealkylation sites (tertiary alicyclic amines) is 1. The lowest BCUT2D eigenvalue weighted by molar-refractivity contribution is 0.0529. The van der Waals surface area contributed by atoms with E-state index in [2.05, 4.69) is 32.6 Å². The zero-order chi connectivity index (χ0) is 11.1. The predicted octanol–water partition coefficient (Wildman–Crippen LogP) is 3.83. The van der Waals surface area contributed by atoms with Gasteiger partial charge in [-0.2, -0.15) is 0 Å². The van der Waals surface area contributed by atoms with E-state index in [9.17, 15) is 0 Å². The molecule has 0 aromatic rings. The Bertz CT molecular complexity index is 216. The number of nitrogens with zero attached hydrogens (tertiary/aromatic N) is 1. The largest absolute Gasteiger partial charge is 0.292 e. The number of fused-ring (bicyclic) bond motifs is 1. The molecular formula is C14H27N. The lowest BCUT2D eigenvalue weighted by Crippen LogP contribution is -2.50. The molecule has 1 saturated heterocycles. The maximum Gasteiger partial charge on any atom is 0.0132 e. The van der Waals surface area contributed by atoms with Crippen molar-refractivity contribution in [2.45, 2.75) is 83.8 Å². The van der Waals surface area contributed by atoms with Crippen LogP contribution in [0, 0.1) is 5.92 Å². The van der Waals surface area contributed by atoms with Gasteiger partial charge >= 0.3 is 0 Å². The second kappa shape index (κ2) is 4.08. The summed E-state index contributed by atoms with van der Waals surface area (Å²) in [4.78, 5) is 2.84. The van der Waals surface area contributed by atoms with Crippen molar-refractivity contribution >= 4 is 0 Å². The smallest absolute Gasteiger partial charge is 0.0132 e. The highest BCUT2D eigenvalue weighted by Crippen LogP contribution is 2.43. The van der Waals surface area contributed by atoms with Crippen LogP contribution in [0.3, 0.4) is 0 Å². The number of rotatable bonds is 1. The molecule has 0 radical (unpaired) electrons. The summed E-state index contributed by atoms with van der Waals surface area (Å²) >= 11 is 0. The van der Waals surface area contributed by atoms with Gasteiger partial charge < -0.3 is 0 Å². The van der Waals surface area contributed by atoms with Crippen LogP contribution in [-0.2, 0) is 0 Å². The molecule has 1 aliphatic heterocycles. The minimum absolute atomic E-state index is 0.372. The van der Waals surface area contributed by atoms with Crippen LogP contribution in [0.15, 0.2) is 0 Å². The fourth-order valence-electron chi connectivity index (χ4n) is 3.97. The fraction of sp³-hybridized carbons (Fsp3) is 1.00. The van der Waals surface area contributed by atoms with Crippen LogP contribution < -0.4 is 0 Å². The van der Waals surface area contributed by atoms with Gasteiger partial charge in [-0.25, -0.2) is 0 Å². The first-order chi connectivity index (χ1) is 7.04. The van der Waals surface area contributed by atoms with Gasteiger partial charge in [-0.3, -0.25) is 4.90 Å². The maximum absolute atomic E-state index is 2.84. The summed E-state index contributed by atoms with van der Waals surface area (Å²) in [5, 5.41) is 0. The van der Waals surface area contributed by atoms with Gasteiger partial charge in [0.05, 0.1) is 0 Å². The molecule has 1 nitrogen and oxygen atoms in total. The van der Waals surface area contributed by atoms with E-state index in [1.807, 2.05) is 0 Å². The second-order valence-corrected chi connectivity index (χ2v) is 6.49. The van der Waals surface area contributed by atoms with Crippen molar-refractivity contribution in [2.24, 2.45) is 5.92 Å². The quantitative estimate of drug-likeness (QED) is 0.634. The third-order valence-corrected chi connectivity index (χ3v) is 4.44. The van der Waals surface area contributed by atoms with Gasteiger partial charge in [-0.05, 0) is 52.4 Å². The third kappa shape index (κ3) is 2.08. The standard InChI is InChI=1S/C14H27N/c1-5-12-10-11-8-6-7-9-13(11)15(12)14(2,3)4/h11-13H,5-10H2,1-4H3. The van der Waals surface area contributed by atoms with Crippen LogP contribution >= 0.6 is 0 Å². The minimum atomic E-state index is 0.372. The highest BCUT2D eigenvalue weighted by atomic mass is 15.3. The molecule has 15 heavy (non-hydrogen) atoms. The summed E-state index contributed by atoms with van der Waals surface area (Å²) in [6.07, 6.45) is 8.70. The van der Waals surface area contributed by atoms with E-state index in [1.54, 1.807) is 0 Å². The first-order valence-corrected chi connectivity index (χ1v) is 6.82. The monoisotopic (exact) mass is 209 g/mol. The molecule has 1 saturated carbocycles. The van der Waals surface area contributed by atoms with E-state index < -0.39 is 0 Å². The Kier molecular flexibility index (Phi) is 3.12. The van der Waals surface area contributed by atoms with E-state index in [0.717, 1.165) is 18.0 Å². The summed E-state index contributed by atoms with van der Waals surface area (Å²) in [6, 6.07) is 1.77. The Hall–Kier alpha value is -0.0400. The fourth-order valence-corrected chi connectivity index (χ4v) is 3.97. The summed E-state index contributed by atoms with van der Waals surface area (Å²) in [5.41, 5.74) is 0.372. The van der Waals surface area contributed by atoms with Gasteiger partial charge in [-0.15, -0.1) is 0 Å². The first-order valence-electron chi connectivity index (χ1n) is 6.82. The van der Waals surface area contributed by atoms with Gasteiger partial charge in [0.1, 0.15) is 0 Å². The maximum atomic E-state index is 2.84. The molecule has 0 aromatic heterocycles.